The summed E-state index contributed by atoms with van der Waals surface area (Å²) in [4.78, 5) is 3.93. The van der Waals surface area contributed by atoms with Crippen molar-refractivity contribution >= 4 is 34.2 Å². The standard InChI is InChI=1S/C13H14N2S2/c1-15(9-10-5-4-8-17-10)12-7-3-2-6-11(12)13(14)16/h2-8H,9H2,1H3,(H2,14,16). The molecule has 1 aromatic heterocycles. The van der Waals surface area contributed by atoms with Crippen LogP contribution in [0.25, 0.3) is 0 Å². The highest BCUT2D eigenvalue weighted by molar-refractivity contribution is 7.80. The minimum Gasteiger partial charge on any atom is -0.389 e. The molecule has 0 radical (unpaired) electrons. The maximum Gasteiger partial charge on any atom is 0.106 e. The number of thiophene rings is 1. The largest absolute Gasteiger partial charge is 0.389 e. The van der Waals surface area contributed by atoms with Crippen molar-refractivity contribution in [1.29, 1.82) is 0 Å². The molecule has 1 heterocycles. The second-order valence-electron chi connectivity index (χ2n) is 3.82. The van der Waals surface area contributed by atoms with Crippen LogP contribution in [-0.4, -0.2) is 12.0 Å². The van der Waals surface area contributed by atoms with E-state index < -0.39 is 0 Å². The zero-order chi connectivity index (χ0) is 12.3. The molecule has 0 bridgehead atoms. The minimum atomic E-state index is 0.443. The quantitative estimate of drug-likeness (QED) is 0.859. The number of hydrogen-bond donors (Lipinski definition) is 1. The summed E-state index contributed by atoms with van der Waals surface area (Å²) < 4.78 is 0. The Hall–Kier alpha value is -1.39. The highest BCUT2D eigenvalue weighted by Crippen LogP contribution is 2.22. The summed E-state index contributed by atoms with van der Waals surface area (Å²) >= 11 is 6.82. The molecule has 88 valence electrons. The summed E-state index contributed by atoms with van der Waals surface area (Å²) in [6.45, 7) is 0.872. The SMILES string of the molecule is CN(Cc1cccs1)c1ccccc1C(N)=S. The molecule has 0 saturated carbocycles. The first-order valence-electron chi connectivity index (χ1n) is 5.31. The fraction of sp³-hybridized carbons (Fsp3) is 0.154. The smallest absolute Gasteiger partial charge is 0.106 e. The predicted molar refractivity (Wildman–Crippen MR) is 78.8 cm³/mol. The molecule has 4 heteroatoms. The Labute approximate surface area is 111 Å². The van der Waals surface area contributed by atoms with Crippen molar-refractivity contribution in [2.45, 2.75) is 6.54 Å². The third-order valence-corrected chi connectivity index (χ3v) is 3.63. The lowest BCUT2D eigenvalue weighted by molar-refractivity contribution is 0.939. The summed E-state index contributed by atoms with van der Waals surface area (Å²) in [5.41, 5.74) is 7.74. The molecule has 0 unspecified atom stereocenters. The van der Waals surface area contributed by atoms with Gasteiger partial charge in [0.25, 0.3) is 0 Å². The second kappa shape index (κ2) is 5.29. The second-order valence-corrected chi connectivity index (χ2v) is 5.29. The average Bonchev–Trinajstić information content (AvgIpc) is 2.81. The minimum absolute atomic E-state index is 0.443. The number of benzene rings is 1. The van der Waals surface area contributed by atoms with Crippen LogP contribution in [0.1, 0.15) is 10.4 Å². The first-order chi connectivity index (χ1) is 8.18. The average molecular weight is 262 g/mol. The van der Waals surface area contributed by atoms with E-state index in [-0.39, 0.29) is 0 Å². The molecular formula is C13H14N2S2. The first-order valence-corrected chi connectivity index (χ1v) is 6.59. The summed E-state index contributed by atoms with van der Waals surface area (Å²) in [5.74, 6) is 0. The van der Waals surface area contributed by atoms with E-state index in [1.165, 1.54) is 4.88 Å². The van der Waals surface area contributed by atoms with Gasteiger partial charge in [-0.1, -0.05) is 30.4 Å². The summed E-state index contributed by atoms with van der Waals surface area (Å²) in [7, 11) is 2.05. The topological polar surface area (TPSA) is 29.3 Å². The van der Waals surface area contributed by atoms with Gasteiger partial charge in [0.1, 0.15) is 4.99 Å². The van der Waals surface area contributed by atoms with Crippen LogP contribution >= 0.6 is 23.6 Å². The Bertz CT molecular complexity index is 506. The normalized spacial score (nSPS) is 10.2. The van der Waals surface area contributed by atoms with Crippen molar-refractivity contribution in [3.8, 4) is 0 Å². The number of rotatable bonds is 4. The summed E-state index contributed by atoms with van der Waals surface area (Å²) in [6.07, 6.45) is 0. The van der Waals surface area contributed by atoms with Crippen LogP contribution in [0.2, 0.25) is 0 Å². The van der Waals surface area contributed by atoms with E-state index in [0.717, 1.165) is 17.8 Å². The monoisotopic (exact) mass is 262 g/mol. The van der Waals surface area contributed by atoms with Gasteiger partial charge in [-0.15, -0.1) is 11.3 Å². The van der Waals surface area contributed by atoms with E-state index in [2.05, 4.69) is 29.5 Å². The lowest BCUT2D eigenvalue weighted by Crippen LogP contribution is -2.20. The number of hydrogen-bond acceptors (Lipinski definition) is 3. The van der Waals surface area contributed by atoms with Gasteiger partial charge in [-0.2, -0.15) is 0 Å². The predicted octanol–water partition coefficient (Wildman–Crippen LogP) is 3.02. The molecule has 17 heavy (non-hydrogen) atoms. The number of thiocarbonyl (C=S) groups is 1. The first kappa shape index (κ1) is 12.1. The van der Waals surface area contributed by atoms with Crippen LogP contribution in [0, 0.1) is 0 Å². The van der Waals surface area contributed by atoms with Crippen LogP contribution < -0.4 is 10.6 Å². The molecule has 2 aromatic rings. The van der Waals surface area contributed by atoms with Crippen LogP contribution in [0.5, 0.6) is 0 Å². The number of anilines is 1. The van der Waals surface area contributed by atoms with Crippen molar-refractivity contribution in [2.75, 3.05) is 11.9 Å². The van der Waals surface area contributed by atoms with Crippen molar-refractivity contribution in [3.63, 3.8) is 0 Å². The fourth-order valence-electron chi connectivity index (χ4n) is 1.74. The van der Waals surface area contributed by atoms with E-state index in [9.17, 15) is 0 Å². The summed E-state index contributed by atoms with van der Waals surface area (Å²) in [5, 5.41) is 2.09. The highest BCUT2D eigenvalue weighted by Gasteiger charge is 2.09. The fourth-order valence-corrected chi connectivity index (χ4v) is 2.67. The van der Waals surface area contributed by atoms with E-state index in [1.807, 2.05) is 24.3 Å². The molecule has 2 N–H and O–H groups in total. The van der Waals surface area contributed by atoms with Gasteiger partial charge in [0.15, 0.2) is 0 Å². The van der Waals surface area contributed by atoms with Gasteiger partial charge in [0.05, 0.1) is 6.54 Å². The Morgan fingerprint density at radius 1 is 1.29 bits per heavy atom. The molecule has 0 amide bonds. The van der Waals surface area contributed by atoms with Crippen molar-refractivity contribution < 1.29 is 0 Å². The van der Waals surface area contributed by atoms with Gasteiger partial charge < -0.3 is 10.6 Å². The zero-order valence-corrected chi connectivity index (χ0v) is 11.2. The van der Waals surface area contributed by atoms with Crippen molar-refractivity contribution in [3.05, 3.63) is 52.2 Å². The Morgan fingerprint density at radius 2 is 2.06 bits per heavy atom. The third kappa shape index (κ3) is 2.84. The Morgan fingerprint density at radius 3 is 2.71 bits per heavy atom. The number of para-hydroxylation sites is 1. The maximum absolute atomic E-state index is 5.73. The Balaban J connectivity index is 2.24. The van der Waals surface area contributed by atoms with E-state index in [0.29, 0.717) is 4.99 Å². The molecule has 2 nitrogen and oxygen atoms in total. The molecule has 0 fully saturated rings. The van der Waals surface area contributed by atoms with Gasteiger partial charge in [0.2, 0.25) is 0 Å². The van der Waals surface area contributed by atoms with E-state index >= 15 is 0 Å². The van der Waals surface area contributed by atoms with Gasteiger partial charge >= 0.3 is 0 Å². The molecular weight excluding hydrogens is 248 g/mol. The molecule has 0 aliphatic heterocycles. The molecule has 2 rings (SSSR count). The van der Waals surface area contributed by atoms with Gasteiger partial charge in [-0.25, -0.2) is 0 Å². The van der Waals surface area contributed by atoms with Crippen molar-refractivity contribution in [2.24, 2.45) is 5.73 Å². The number of nitrogens with zero attached hydrogens (tertiary/aromatic N) is 1. The molecule has 1 aromatic carbocycles. The third-order valence-electron chi connectivity index (χ3n) is 2.55. The maximum atomic E-state index is 5.73. The molecule has 0 spiro atoms. The zero-order valence-electron chi connectivity index (χ0n) is 9.59. The van der Waals surface area contributed by atoms with Crippen LogP contribution in [0.4, 0.5) is 5.69 Å². The molecule has 0 saturated heterocycles. The number of nitrogens with two attached hydrogens (primary N) is 1. The van der Waals surface area contributed by atoms with Gasteiger partial charge in [0, 0.05) is 23.2 Å². The van der Waals surface area contributed by atoms with E-state index in [1.54, 1.807) is 11.3 Å². The molecule has 0 aliphatic carbocycles. The summed E-state index contributed by atoms with van der Waals surface area (Å²) in [6, 6.07) is 12.2. The van der Waals surface area contributed by atoms with Gasteiger partial charge in [-0.3, -0.25) is 0 Å². The van der Waals surface area contributed by atoms with Gasteiger partial charge in [-0.05, 0) is 23.6 Å². The van der Waals surface area contributed by atoms with Crippen LogP contribution in [0.15, 0.2) is 41.8 Å². The Kier molecular flexibility index (Phi) is 3.76. The molecule has 0 atom stereocenters. The van der Waals surface area contributed by atoms with Crippen LogP contribution in [0.3, 0.4) is 0 Å². The lowest BCUT2D eigenvalue weighted by atomic mass is 10.1. The van der Waals surface area contributed by atoms with E-state index in [4.69, 9.17) is 18.0 Å². The lowest BCUT2D eigenvalue weighted by Gasteiger charge is -2.21. The molecule has 0 aliphatic rings. The highest BCUT2D eigenvalue weighted by atomic mass is 32.1. The van der Waals surface area contributed by atoms with Crippen LogP contribution in [-0.2, 0) is 6.54 Å². The van der Waals surface area contributed by atoms with Crippen molar-refractivity contribution in [1.82, 2.24) is 0 Å².